The summed E-state index contributed by atoms with van der Waals surface area (Å²) >= 11 is 0. The van der Waals surface area contributed by atoms with E-state index in [9.17, 15) is 9.90 Å². The summed E-state index contributed by atoms with van der Waals surface area (Å²) in [6.07, 6.45) is 0. The summed E-state index contributed by atoms with van der Waals surface area (Å²) in [5, 5.41) is 13.9. The van der Waals surface area contributed by atoms with Gasteiger partial charge in [0.15, 0.2) is 0 Å². The van der Waals surface area contributed by atoms with Gasteiger partial charge in [0.25, 0.3) is 0 Å². The lowest BCUT2D eigenvalue weighted by molar-refractivity contribution is 0.0573. The van der Waals surface area contributed by atoms with E-state index in [1.807, 2.05) is 12.1 Å². The third-order valence-electron chi connectivity index (χ3n) is 2.81. The van der Waals surface area contributed by atoms with E-state index in [2.05, 4.69) is 10.2 Å². The third kappa shape index (κ3) is 2.81. The Bertz CT molecular complexity index is 356. The molecule has 0 amide bonds. The Morgan fingerprint density at radius 3 is 2.38 bits per heavy atom. The first-order valence-corrected chi connectivity index (χ1v) is 5.49. The topological polar surface area (TPSA) is 52.2 Å². The standard InChI is InChI=1S/C12H15N2O2/c15-12(16)11-3-1-10(2-4-11)9-14-7-5-13-6-8-14/h1-4,13H,5-9H2. The van der Waals surface area contributed by atoms with Crippen molar-refractivity contribution in [3.63, 3.8) is 0 Å². The van der Waals surface area contributed by atoms with Crippen molar-refractivity contribution in [1.29, 1.82) is 0 Å². The van der Waals surface area contributed by atoms with Gasteiger partial charge in [-0.25, -0.2) is 9.90 Å². The monoisotopic (exact) mass is 219 g/mol. The van der Waals surface area contributed by atoms with Crippen LogP contribution in [-0.2, 0) is 11.7 Å². The molecule has 0 aromatic heterocycles. The van der Waals surface area contributed by atoms with Gasteiger partial charge in [0.05, 0.1) is 5.56 Å². The Morgan fingerprint density at radius 2 is 1.81 bits per heavy atom. The molecule has 4 nitrogen and oxygen atoms in total. The van der Waals surface area contributed by atoms with Crippen molar-refractivity contribution in [1.82, 2.24) is 10.2 Å². The second-order valence-corrected chi connectivity index (χ2v) is 4.01. The highest BCUT2D eigenvalue weighted by Crippen LogP contribution is 2.08. The molecule has 85 valence electrons. The second-order valence-electron chi connectivity index (χ2n) is 4.01. The first-order valence-electron chi connectivity index (χ1n) is 5.49. The van der Waals surface area contributed by atoms with Crippen LogP contribution < -0.4 is 5.32 Å². The van der Waals surface area contributed by atoms with Crippen LogP contribution in [0.2, 0.25) is 0 Å². The molecule has 1 aliphatic heterocycles. The zero-order valence-corrected chi connectivity index (χ0v) is 9.11. The summed E-state index contributed by atoms with van der Waals surface area (Å²) in [6.45, 7) is 5.02. The number of rotatable bonds is 3. The summed E-state index contributed by atoms with van der Waals surface area (Å²) < 4.78 is 0. The van der Waals surface area contributed by atoms with E-state index in [4.69, 9.17) is 0 Å². The predicted molar refractivity (Wildman–Crippen MR) is 59.6 cm³/mol. The van der Waals surface area contributed by atoms with E-state index in [0.29, 0.717) is 0 Å². The highest BCUT2D eigenvalue weighted by Gasteiger charge is 2.10. The van der Waals surface area contributed by atoms with Crippen molar-refractivity contribution in [2.45, 2.75) is 6.54 Å². The van der Waals surface area contributed by atoms with Crippen LogP contribution in [0.3, 0.4) is 0 Å². The summed E-state index contributed by atoms with van der Waals surface area (Å²) in [5.41, 5.74) is 1.39. The molecule has 0 unspecified atom stereocenters. The van der Waals surface area contributed by atoms with Crippen LogP contribution in [0.5, 0.6) is 0 Å². The zero-order valence-electron chi connectivity index (χ0n) is 9.11. The minimum absolute atomic E-state index is 0.240. The van der Waals surface area contributed by atoms with Crippen LogP contribution in [0.25, 0.3) is 0 Å². The molecule has 1 radical (unpaired) electrons. The van der Waals surface area contributed by atoms with Gasteiger partial charge in [-0.2, -0.15) is 0 Å². The minimum atomic E-state index is -1.12. The number of hydrogen-bond donors (Lipinski definition) is 1. The van der Waals surface area contributed by atoms with Crippen LogP contribution in [-0.4, -0.2) is 37.0 Å². The molecular weight excluding hydrogens is 204 g/mol. The Kier molecular flexibility index (Phi) is 3.54. The van der Waals surface area contributed by atoms with Gasteiger partial charge in [-0.3, -0.25) is 4.90 Å². The molecule has 1 aromatic rings. The number of hydrogen-bond acceptors (Lipinski definition) is 3. The smallest absolute Gasteiger partial charge is 0.314 e. The van der Waals surface area contributed by atoms with Gasteiger partial charge >= 0.3 is 5.97 Å². The highest BCUT2D eigenvalue weighted by atomic mass is 16.4. The molecule has 0 spiro atoms. The molecule has 1 aromatic carbocycles. The van der Waals surface area contributed by atoms with Crippen molar-refractivity contribution < 1.29 is 9.90 Å². The molecule has 16 heavy (non-hydrogen) atoms. The van der Waals surface area contributed by atoms with Crippen molar-refractivity contribution in [3.8, 4) is 0 Å². The maximum Gasteiger partial charge on any atom is 0.386 e. The fourth-order valence-corrected chi connectivity index (χ4v) is 1.87. The van der Waals surface area contributed by atoms with E-state index < -0.39 is 5.97 Å². The lowest BCUT2D eigenvalue weighted by Gasteiger charge is -2.27. The van der Waals surface area contributed by atoms with Gasteiger partial charge in [-0.15, -0.1) is 0 Å². The fourth-order valence-electron chi connectivity index (χ4n) is 1.87. The zero-order chi connectivity index (χ0) is 11.4. The van der Waals surface area contributed by atoms with Crippen LogP contribution in [0.1, 0.15) is 15.9 Å². The fraction of sp³-hybridized carbons (Fsp3) is 0.417. The number of nitrogens with one attached hydrogen (secondary N) is 1. The molecule has 1 fully saturated rings. The number of carbonyl (C=O) groups excluding carboxylic acids is 1. The molecule has 0 bridgehead atoms. The Balaban J connectivity index is 1.96. The number of nitrogens with zero attached hydrogens (tertiary/aromatic N) is 1. The second kappa shape index (κ2) is 5.09. The Morgan fingerprint density at radius 1 is 1.19 bits per heavy atom. The molecular formula is C12H15N2O2. The first kappa shape index (κ1) is 11.1. The van der Waals surface area contributed by atoms with Crippen LogP contribution >= 0.6 is 0 Å². The molecule has 0 saturated carbocycles. The molecule has 1 heterocycles. The lowest BCUT2D eigenvalue weighted by atomic mass is 10.1. The molecule has 1 aliphatic rings. The van der Waals surface area contributed by atoms with Crippen molar-refractivity contribution in [2.75, 3.05) is 26.2 Å². The summed E-state index contributed by atoms with van der Waals surface area (Å²) in [7, 11) is 0. The lowest BCUT2D eigenvalue weighted by Crippen LogP contribution is -2.42. The molecule has 4 heteroatoms. The average molecular weight is 219 g/mol. The number of piperazine rings is 1. The molecule has 1 saturated heterocycles. The van der Waals surface area contributed by atoms with E-state index in [-0.39, 0.29) is 5.56 Å². The SMILES string of the molecule is [O]C(=O)c1ccc(CN2CCNCC2)cc1. The quantitative estimate of drug-likeness (QED) is 0.812. The molecule has 2 rings (SSSR count). The summed E-state index contributed by atoms with van der Waals surface area (Å²) in [5.74, 6) is -1.12. The van der Waals surface area contributed by atoms with E-state index in [1.165, 1.54) is 0 Å². The van der Waals surface area contributed by atoms with Gasteiger partial charge in [0.1, 0.15) is 0 Å². The van der Waals surface area contributed by atoms with E-state index in [0.717, 1.165) is 38.3 Å². The largest absolute Gasteiger partial charge is 0.386 e. The maximum atomic E-state index is 10.6. The van der Waals surface area contributed by atoms with Gasteiger partial charge < -0.3 is 5.32 Å². The van der Waals surface area contributed by atoms with E-state index in [1.54, 1.807) is 12.1 Å². The molecule has 0 atom stereocenters. The Hall–Kier alpha value is -1.39. The van der Waals surface area contributed by atoms with Gasteiger partial charge in [-0.05, 0) is 17.7 Å². The third-order valence-corrected chi connectivity index (χ3v) is 2.81. The van der Waals surface area contributed by atoms with Gasteiger partial charge in [0, 0.05) is 32.7 Å². The minimum Gasteiger partial charge on any atom is -0.314 e. The maximum absolute atomic E-state index is 10.6. The first-order chi connectivity index (χ1) is 7.75. The predicted octanol–water partition coefficient (Wildman–Crippen LogP) is 0.662. The Labute approximate surface area is 94.9 Å². The summed E-state index contributed by atoms with van der Waals surface area (Å²) in [4.78, 5) is 12.9. The number of carbonyl (C=O) groups is 1. The van der Waals surface area contributed by atoms with Crippen molar-refractivity contribution in [3.05, 3.63) is 35.4 Å². The van der Waals surface area contributed by atoms with Crippen molar-refractivity contribution >= 4 is 5.97 Å². The van der Waals surface area contributed by atoms with Gasteiger partial charge in [0.2, 0.25) is 0 Å². The van der Waals surface area contributed by atoms with Crippen LogP contribution in [0.15, 0.2) is 24.3 Å². The van der Waals surface area contributed by atoms with Crippen LogP contribution in [0, 0.1) is 0 Å². The van der Waals surface area contributed by atoms with E-state index >= 15 is 0 Å². The average Bonchev–Trinajstić information content (AvgIpc) is 2.31. The summed E-state index contributed by atoms with van der Waals surface area (Å²) in [6, 6.07) is 6.92. The molecule has 1 N–H and O–H groups in total. The number of benzene rings is 1. The highest BCUT2D eigenvalue weighted by molar-refractivity contribution is 5.87. The normalized spacial score (nSPS) is 17.2. The molecule has 0 aliphatic carbocycles. The van der Waals surface area contributed by atoms with Gasteiger partial charge in [-0.1, -0.05) is 12.1 Å². The van der Waals surface area contributed by atoms with Crippen molar-refractivity contribution in [2.24, 2.45) is 0 Å². The van der Waals surface area contributed by atoms with Crippen LogP contribution in [0.4, 0.5) is 0 Å².